The summed E-state index contributed by atoms with van der Waals surface area (Å²) in [5.74, 6) is 1.73. The van der Waals surface area contributed by atoms with Crippen LogP contribution in [0.2, 0.25) is 0 Å². The number of H-pyrrole nitrogens is 1. The fourth-order valence-electron chi connectivity index (χ4n) is 5.48. The van der Waals surface area contributed by atoms with Crippen LogP contribution in [0.4, 0.5) is 0 Å². The van der Waals surface area contributed by atoms with Crippen molar-refractivity contribution in [2.24, 2.45) is 0 Å². The zero-order chi connectivity index (χ0) is 21.2. The number of nitrogens with one attached hydrogen (secondary N) is 2. The van der Waals surface area contributed by atoms with Gasteiger partial charge in [0.2, 0.25) is 5.91 Å². The van der Waals surface area contributed by atoms with E-state index in [1.807, 2.05) is 0 Å². The highest BCUT2D eigenvalue weighted by atomic mass is 32.2. The van der Waals surface area contributed by atoms with Crippen LogP contribution in [0.5, 0.6) is 0 Å². The number of nitrogens with zero attached hydrogens (tertiary/aromatic N) is 2. The highest BCUT2D eigenvalue weighted by Crippen LogP contribution is 2.34. The number of hydrogen-bond donors (Lipinski definition) is 2. The molecular weight excluding hydrogens is 428 g/mol. The summed E-state index contributed by atoms with van der Waals surface area (Å²) in [6.45, 7) is 2.11. The Morgan fingerprint density at radius 3 is 2.84 bits per heavy atom. The van der Waals surface area contributed by atoms with Gasteiger partial charge in [0, 0.05) is 30.1 Å². The lowest BCUT2D eigenvalue weighted by atomic mass is 10.1. The lowest BCUT2D eigenvalue weighted by molar-refractivity contribution is -0.119. The zero-order valence-corrected chi connectivity index (χ0v) is 19.7. The number of amides is 1. The van der Waals surface area contributed by atoms with Crippen molar-refractivity contribution in [3.63, 3.8) is 0 Å². The van der Waals surface area contributed by atoms with E-state index >= 15 is 0 Å². The first-order valence-electron chi connectivity index (χ1n) is 11.8. The Morgan fingerprint density at radius 1 is 1.16 bits per heavy atom. The van der Waals surface area contributed by atoms with Gasteiger partial charge in [0.15, 0.2) is 0 Å². The fraction of sp³-hybridized carbons (Fsp3) is 0.696. The van der Waals surface area contributed by atoms with E-state index in [-0.39, 0.29) is 17.5 Å². The molecule has 1 aliphatic heterocycles. The summed E-state index contributed by atoms with van der Waals surface area (Å²) in [5, 5.41) is 4.02. The molecule has 1 saturated carbocycles. The van der Waals surface area contributed by atoms with Crippen LogP contribution in [0.25, 0.3) is 10.2 Å². The molecule has 0 spiro atoms. The van der Waals surface area contributed by atoms with Crippen molar-refractivity contribution in [2.75, 3.05) is 18.8 Å². The maximum Gasteiger partial charge on any atom is 0.259 e. The van der Waals surface area contributed by atoms with Crippen LogP contribution in [-0.2, 0) is 23.4 Å². The average Bonchev–Trinajstić information content (AvgIpc) is 3.39. The second kappa shape index (κ2) is 9.63. The predicted octanol–water partition coefficient (Wildman–Crippen LogP) is 3.62. The molecule has 2 N–H and O–H groups in total. The van der Waals surface area contributed by atoms with E-state index in [0.717, 1.165) is 55.0 Å². The summed E-state index contributed by atoms with van der Waals surface area (Å²) in [6.07, 6.45) is 12.4. The van der Waals surface area contributed by atoms with Crippen LogP contribution in [0.3, 0.4) is 0 Å². The number of hydrogen-bond acceptors (Lipinski definition) is 6. The lowest BCUT2D eigenvalue weighted by Crippen LogP contribution is -2.40. The molecule has 5 rings (SSSR count). The van der Waals surface area contributed by atoms with Gasteiger partial charge >= 0.3 is 0 Å². The molecule has 0 bridgehead atoms. The van der Waals surface area contributed by atoms with Gasteiger partial charge in [-0.15, -0.1) is 23.1 Å². The first-order chi connectivity index (χ1) is 15.2. The quantitative estimate of drug-likeness (QED) is 0.644. The zero-order valence-electron chi connectivity index (χ0n) is 18.1. The third-order valence-electron chi connectivity index (χ3n) is 7.02. The number of carbonyl (C=O) groups excluding carboxylic acids is 1. The minimum absolute atomic E-state index is 0.0194. The number of thioether (sulfide) groups is 1. The second-order valence-corrected chi connectivity index (χ2v) is 11.3. The SMILES string of the molecule is O=C(CSCc1nc2sc3c(c2c(=O)[nH]1)CCC3)NC1CCN(C2CCCCCC2)C1. The van der Waals surface area contributed by atoms with Gasteiger partial charge < -0.3 is 10.3 Å². The Bertz CT molecular complexity index is 993. The minimum Gasteiger partial charge on any atom is -0.351 e. The van der Waals surface area contributed by atoms with Crippen molar-refractivity contribution < 1.29 is 4.79 Å². The Hall–Kier alpha value is -1.38. The van der Waals surface area contributed by atoms with Gasteiger partial charge in [-0.1, -0.05) is 25.7 Å². The monoisotopic (exact) mass is 460 g/mol. The van der Waals surface area contributed by atoms with Gasteiger partial charge in [0.1, 0.15) is 10.7 Å². The summed E-state index contributed by atoms with van der Waals surface area (Å²) >= 11 is 3.19. The van der Waals surface area contributed by atoms with Crippen molar-refractivity contribution in [3.8, 4) is 0 Å². The first-order valence-corrected chi connectivity index (χ1v) is 13.8. The molecule has 2 aromatic rings. The van der Waals surface area contributed by atoms with Crippen LogP contribution in [-0.4, -0.2) is 51.7 Å². The molecule has 2 aromatic heterocycles. The predicted molar refractivity (Wildman–Crippen MR) is 128 cm³/mol. The average molecular weight is 461 g/mol. The summed E-state index contributed by atoms with van der Waals surface area (Å²) < 4.78 is 0. The van der Waals surface area contributed by atoms with Gasteiger partial charge in [-0.05, 0) is 44.1 Å². The molecule has 1 saturated heterocycles. The molecule has 3 aliphatic rings. The second-order valence-electron chi connectivity index (χ2n) is 9.24. The molecule has 168 valence electrons. The third kappa shape index (κ3) is 4.86. The summed E-state index contributed by atoms with van der Waals surface area (Å²) in [6, 6.07) is 0.995. The molecule has 6 nitrogen and oxygen atoms in total. The van der Waals surface area contributed by atoms with Crippen molar-refractivity contribution >= 4 is 39.2 Å². The number of thiophene rings is 1. The van der Waals surface area contributed by atoms with Crippen molar-refractivity contribution in [1.82, 2.24) is 20.2 Å². The largest absolute Gasteiger partial charge is 0.351 e. The molecule has 2 fully saturated rings. The third-order valence-corrected chi connectivity index (χ3v) is 9.15. The van der Waals surface area contributed by atoms with Crippen LogP contribution in [0, 0.1) is 0 Å². The maximum absolute atomic E-state index is 12.5. The van der Waals surface area contributed by atoms with Gasteiger partial charge in [0.05, 0.1) is 16.9 Å². The molecule has 0 aromatic carbocycles. The van der Waals surface area contributed by atoms with E-state index in [1.54, 1.807) is 11.3 Å². The van der Waals surface area contributed by atoms with Crippen LogP contribution in [0.1, 0.15) is 67.6 Å². The first kappa shape index (κ1) is 21.5. The number of carbonyl (C=O) groups is 1. The maximum atomic E-state index is 12.5. The number of fused-ring (bicyclic) bond motifs is 3. The smallest absolute Gasteiger partial charge is 0.259 e. The van der Waals surface area contributed by atoms with Crippen LogP contribution in [0.15, 0.2) is 4.79 Å². The topological polar surface area (TPSA) is 78.1 Å². The summed E-state index contributed by atoms with van der Waals surface area (Å²) in [5.41, 5.74) is 1.19. The fourth-order valence-corrected chi connectivity index (χ4v) is 7.47. The Morgan fingerprint density at radius 2 is 2.00 bits per heavy atom. The van der Waals surface area contributed by atoms with E-state index in [9.17, 15) is 9.59 Å². The van der Waals surface area contributed by atoms with Gasteiger partial charge in [0.25, 0.3) is 5.56 Å². The molecule has 3 heterocycles. The van der Waals surface area contributed by atoms with Crippen LogP contribution >= 0.6 is 23.1 Å². The normalized spacial score (nSPS) is 22.6. The molecule has 2 aliphatic carbocycles. The standard InChI is InChI=1S/C23H32N4O2S2/c28-20(24-15-10-11-27(12-15)16-6-3-1-2-4-7-16)14-30-13-19-25-22(29)21-17-8-5-9-18(17)31-23(21)26-19/h15-16H,1-14H2,(H,24,28)(H,25,26,29). The van der Waals surface area contributed by atoms with Gasteiger partial charge in [-0.25, -0.2) is 4.98 Å². The molecule has 31 heavy (non-hydrogen) atoms. The molecule has 1 atom stereocenters. The number of aromatic nitrogens is 2. The van der Waals surface area contributed by atoms with E-state index in [0.29, 0.717) is 17.3 Å². The lowest BCUT2D eigenvalue weighted by Gasteiger charge is -2.26. The van der Waals surface area contributed by atoms with Gasteiger partial charge in [-0.2, -0.15) is 0 Å². The molecule has 1 amide bonds. The van der Waals surface area contributed by atoms with E-state index in [1.165, 1.54) is 60.7 Å². The molecule has 0 radical (unpaired) electrons. The number of aromatic amines is 1. The summed E-state index contributed by atoms with van der Waals surface area (Å²) in [7, 11) is 0. The summed E-state index contributed by atoms with van der Waals surface area (Å²) in [4.78, 5) is 37.4. The van der Waals surface area contributed by atoms with Crippen LogP contribution < -0.4 is 10.9 Å². The number of rotatable bonds is 6. The van der Waals surface area contributed by atoms with Gasteiger partial charge in [-0.3, -0.25) is 14.5 Å². The Labute approximate surface area is 191 Å². The van der Waals surface area contributed by atoms with Crippen molar-refractivity contribution in [3.05, 3.63) is 26.6 Å². The molecular formula is C23H32N4O2S2. The minimum atomic E-state index is -0.0194. The molecule has 8 heteroatoms. The van der Waals surface area contributed by atoms with E-state index in [4.69, 9.17) is 0 Å². The highest BCUT2D eigenvalue weighted by molar-refractivity contribution is 7.99. The Balaban J connectivity index is 1.09. The van der Waals surface area contributed by atoms with E-state index < -0.39 is 0 Å². The number of likely N-dealkylation sites (tertiary alicyclic amines) is 1. The van der Waals surface area contributed by atoms with Crippen molar-refractivity contribution in [1.29, 1.82) is 0 Å². The van der Waals surface area contributed by atoms with E-state index in [2.05, 4.69) is 20.2 Å². The van der Waals surface area contributed by atoms with Crippen molar-refractivity contribution in [2.45, 2.75) is 82.0 Å². The number of aryl methyl sites for hydroxylation is 2. The highest BCUT2D eigenvalue weighted by Gasteiger charge is 2.29. The molecule has 1 unspecified atom stereocenters. The Kier molecular flexibility index (Phi) is 6.67.